The minimum atomic E-state index is -0.369. The number of hydrogen-bond acceptors (Lipinski definition) is 4. The molecule has 1 amide bonds. The van der Waals surface area contributed by atoms with Crippen LogP contribution in [0.25, 0.3) is 5.69 Å². The number of thioether (sulfide) groups is 1. The van der Waals surface area contributed by atoms with Crippen LogP contribution in [-0.2, 0) is 12.2 Å². The van der Waals surface area contributed by atoms with Crippen LogP contribution in [0.4, 0.5) is 0 Å². The topological polar surface area (TPSA) is 59.8 Å². The fourth-order valence-electron chi connectivity index (χ4n) is 4.20. The third kappa shape index (κ3) is 6.82. The molecule has 1 atom stereocenters. The molecule has 1 unspecified atom stereocenters. The van der Waals surface area contributed by atoms with Crippen LogP contribution in [0, 0.1) is 13.8 Å². The zero-order chi connectivity index (χ0) is 26.4. The smallest absolute Gasteiger partial charge is 0.251 e. The number of carbonyl (C=O) groups is 1. The van der Waals surface area contributed by atoms with E-state index in [-0.39, 0.29) is 11.9 Å². The molecule has 1 aromatic heterocycles. The van der Waals surface area contributed by atoms with Crippen LogP contribution in [-0.4, -0.2) is 20.7 Å². The Balaban J connectivity index is 1.60. The van der Waals surface area contributed by atoms with E-state index in [2.05, 4.69) is 53.6 Å². The van der Waals surface area contributed by atoms with Gasteiger partial charge in [-0.25, -0.2) is 0 Å². The van der Waals surface area contributed by atoms with E-state index in [9.17, 15) is 4.79 Å². The van der Waals surface area contributed by atoms with Gasteiger partial charge in [0.25, 0.3) is 5.91 Å². The first kappa shape index (κ1) is 27.0. The van der Waals surface area contributed by atoms with E-state index in [1.807, 2.05) is 60.9 Å². The fourth-order valence-corrected chi connectivity index (χ4v) is 5.26. The van der Waals surface area contributed by atoms with Crippen molar-refractivity contribution in [2.45, 2.75) is 63.9 Å². The van der Waals surface area contributed by atoms with Crippen molar-refractivity contribution >= 4 is 29.3 Å². The van der Waals surface area contributed by atoms with E-state index >= 15 is 0 Å². The van der Waals surface area contributed by atoms with Crippen LogP contribution >= 0.6 is 23.4 Å². The van der Waals surface area contributed by atoms with Crippen molar-refractivity contribution in [1.82, 2.24) is 20.1 Å². The van der Waals surface area contributed by atoms with Gasteiger partial charge in [-0.05, 0) is 74.6 Å². The summed E-state index contributed by atoms with van der Waals surface area (Å²) in [5, 5.41) is 13.5. The van der Waals surface area contributed by atoms with Gasteiger partial charge in [0.1, 0.15) is 0 Å². The van der Waals surface area contributed by atoms with Crippen molar-refractivity contribution in [3.63, 3.8) is 0 Å². The second-order valence-electron chi connectivity index (χ2n) is 9.38. The van der Waals surface area contributed by atoms with Crippen molar-refractivity contribution in [2.24, 2.45) is 0 Å². The van der Waals surface area contributed by atoms with E-state index < -0.39 is 0 Å². The molecule has 0 saturated heterocycles. The molecule has 4 rings (SSSR count). The molecule has 37 heavy (non-hydrogen) atoms. The number of halogens is 1. The number of unbranched alkanes of at least 4 members (excludes halogenated alkanes) is 1. The summed E-state index contributed by atoms with van der Waals surface area (Å²) >= 11 is 8.00. The molecule has 5 nitrogen and oxygen atoms in total. The molecule has 0 aliphatic rings. The molecule has 0 fully saturated rings. The Hall–Kier alpha value is -3.09. The van der Waals surface area contributed by atoms with E-state index in [0.717, 1.165) is 41.4 Å². The lowest BCUT2D eigenvalue weighted by Crippen LogP contribution is -2.28. The first-order valence-corrected chi connectivity index (χ1v) is 14.0. The number of rotatable bonds is 10. The first-order chi connectivity index (χ1) is 17.9. The first-order valence-electron chi connectivity index (χ1n) is 12.7. The van der Waals surface area contributed by atoms with Crippen molar-refractivity contribution in [3.05, 3.63) is 105 Å². The third-order valence-electron chi connectivity index (χ3n) is 6.29. The van der Waals surface area contributed by atoms with Gasteiger partial charge in [-0.2, -0.15) is 0 Å². The summed E-state index contributed by atoms with van der Waals surface area (Å²) in [6.45, 7) is 8.24. The monoisotopic (exact) mass is 532 g/mol. The quantitative estimate of drug-likeness (QED) is 0.213. The summed E-state index contributed by atoms with van der Waals surface area (Å²) in [4.78, 5) is 13.1. The lowest BCUT2D eigenvalue weighted by atomic mass is 10.1. The molecule has 0 radical (unpaired) electrons. The summed E-state index contributed by atoms with van der Waals surface area (Å²) in [6.07, 6.45) is 3.32. The molecule has 7 heteroatoms. The summed E-state index contributed by atoms with van der Waals surface area (Å²) in [7, 11) is 0. The van der Waals surface area contributed by atoms with Crippen LogP contribution < -0.4 is 5.32 Å². The highest BCUT2D eigenvalue weighted by atomic mass is 35.5. The summed E-state index contributed by atoms with van der Waals surface area (Å²) in [5.41, 5.74) is 6.27. The molecule has 0 aliphatic carbocycles. The van der Waals surface area contributed by atoms with E-state index in [1.54, 1.807) is 11.8 Å². The van der Waals surface area contributed by atoms with Gasteiger partial charge in [0.15, 0.2) is 11.0 Å². The number of hydrogen-bond donors (Lipinski definition) is 1. The molecule has 0 spiro atoms. The van der Waals surface area contributed by atoms with Crippen LogP contribution in [0.15, 0.2) is 71.9 Å². The zero-order valence-electron chi connectivity index (χ0n) is 21.8. The second-order valence-corrected chi connectivity index (χ2v) is 10.8. The maximum atomic E-state index is 13.1. The molecule has 1 heterocycles. The minimum Gasteiger partial charge on any atom is -0.342 e. The Morgan fingerprint density at radius 2 is 1.81 bits per heavy atom. The Labute approximate surface area is 228 Å². The van der Waals surface area contributed by atoms with Gasteiger partial charge in [0.05, 0.1) is 11.7 Å². The lowest BCUT2D eigenvalue weighted by Gasteiger charge is -2.18. The van der Waals surface area contributed by atoms with Crippen molar-refractivity contribution < 1.29 is 4.79 Å². The van der Waals surface area contributed by atoms with E-state index in [4.69, 9.17) is 11.6 Å². The normalized spacial score (nSPS) is 11.9. The highest BCUT2D eigenvalue weighted by molar-refractivity contribution is 7.98. The Morgan fingerprint density at radius 3 is 2.54 bits per heavy atom. The summed E-state index contributed by atoms with van der Waals surface area (Å²) < 4.78 is 2.01. The highest BCUT2D eigenvalue weighted by Gasteiger charge is 2.23. The summed E-state index contributed by atoms with van der Waals surface area (Å²) in [5.74, 6) is 1.27. The SMILES string of the molecule is CCCCc1ccc(C(=O)NC(C)c2nnc(SCc3cccc(C)c3)n2-c2cc(Cl)ccc2C)cc1. The Morgan fingerprint density at radius 1 is 1.03 bits per heavy atom. The third-order valence-corrected chi connectivity index (χ3v) is 7.53. The number of benzene rings is 3. The van der Waals surface area contributed by atoms with Gasteiger partial charge in [0, 0.05) is 16.3 Å². The molecule has 0 saturated carbocycles. The van der Waals surface area contributed by atoms with Crippen molar-refractivity contribution in [1.29, 1.82) is 0 Å². The van der Waals surface area contributed by atoms with Crippen LogP contribution in [0.2, 0.25) is 5.02 Å². The van der Waals surface area contributed by atoms with Gasteiger partial charge in [0.2, 0.25) is 0 Å². The van der Waals surface area contributed by atoms with Gasteiger partial charge in [-0.15, -0.1) is 10.2 Å². The van der Waals surface area contributed by atoms with Crippen LogP contribution in [0.1, 0.15) is 71.2 Å². The standard InChI is InChI=1S/C30H33ClN4OS/c1-5-6-9-23-12-14-25(15-13-23)29(36)32-22(4)28-33-34-30(37-19-24-10-7-8-20(2)17-24)35(28)27-18-26(31)16-11-21(27)3/h7-8,10-18,22H,5-6,9,19H2,1-4H3,(H,32,36). The van der Waals surface area contributed by atoms with Crippen LogP contribution in [0.5, 0.6) is 0 Å². The predicted octanol–water partition coefficient (Wildman–Crippen LogP) is 7.66. The van der Waals surface area contributed by atoms with Crippen molar-refractivity contribution in [2.75, 3.05) is 0 Å². The maximum absolute atomic E-state index is 13.1. The molecular weight excluding hydrogens is 500 g/mol. The fraction of sp³-hybridized carbons (Fsp3) is 0.300. The predicted molar refractivity (Wildman–Crippen MR) is 153 cm³/mol. The number of amides is 1. The maximum Gasteiger partial charge on any atom is 0.251 e. The zero-order valence-corrected chi connectivity index (χ0v) is 23.4. The molecular formula is C30H33ClN4OS. The molecule has 192 valence electrons. The van der Waals surface area contributed by atoms with E-state index in [0.29, 0.717) is 16.4 Å². The Bertz CT molecular complexity index is 1370. The number of aryl methyl sites for hydroxylation is 3. The molecule has 3 aromatic carbocycles. The molecule has 0 bridgehead atoms. The molecule has 0 aliphatic heterocycles. The number of nitrogens with zero attached hydrogens (tertiary/aromatic N) is 3. The average Bonchev–Trinajstić information content (AvgIpc) is 3.32. The van der Waals surface area contributed by atoms with Crippen LogP contribution in [0.3, 0.4) is 0 Å². The van der Waals surface area contributed by atoms with Crippen molar-refractivity contribution in [3.8, 4) is 5.69 Å². The lowest BCUT2D eigenvalue weighted by molar-refractivity contribution is 0.0938. The largest absolute Gasteiger partial charge is 0.342 e. The van der Waals surface area contributed by atoms with Gasteiger partial charge >= 0.3 is 0 Å². The molecule has 4 aromatic rings. The van der Waals surface area contributed by atoms with E-state index in [1.165, 1.54) is 16.7 Å². The molecule has 1 N–H and O–H groups in total. The highest BCUT2D eigenvalue weighted by Crippen LogP contribution is 2.30. The van der Waals surface area contributed by atoms with Gasteiger partial charge in [-0.3, -0.25) is 9.36 Å². The average molecular weight is 533 g/mol. The second kappa shape index (κ2) is 12.4. The Kier molecular flexibility index (Phi) is 9.06. The van der Waals surface area contributed by atoms with Gasteiger partial charge < -0.3 is 5.32 Å². The number of aromatic nitrogens is 3. The minimum absolute atomic E-state index is 0.138. The summed E-state index contributed by atoms with van der Waals surface area (Å²) in [6, 6.07) is 21.7. The number of carbonyl (C=O) groups excluding carboxylic acids is 1. The number of nitrogens with one attached hydrogen (secondary N) is 1. The van der Waals surface area contributed by atoms with Gasteiger partial charge in [-0.1, -0.05) is 84.7 Å².